The zero-order chi connectivity index (χ0) is 23.4. The first-order chi connectivity index (χ1) is 15.3. The Kier molecular flexibility index (Phi) is 10.8. The molecule has 2 aromatic rings. The van der Waals surface area contributed by atoms with Gasteiger partial charge in [0.1, 0.15) is 11.5 Å². The maximum absolute atomic E-state index is 12.9. The SMILES string of the molecule is CCCCCCCCCCCCOc1cc(O)c(C(=O)c2ccccc2)cc1C(C)(C)C. The molecule has 0 aliphatic heterocycles. The van der Waals surface area contributed by atoms with Gasteiger partial charge in [-0.1, -0.05) is 116 Å². The minimum Gasteiger partial charge on any atom is -0.507 e. The van der Waals surface area contributed by atoms with Crippen molar-refractivity contribution in [3.05, 3.63) is 59.2 Å². The first kappa shape index (κ1) is 26.0. The van der Waals surface area contributed by atoms with Crippen molar-refractivity contribution in [2.24, 2.45) is 0 Å². The highest BCUT2D eigenvalue weighted by Crippen LogP contribution is 2.37. The molecule has 2 aromatic carbocycles. The van der Waals surface area contributed by atoms with Crippen molar-refractivity contribution in [2.45, 2.75) is 97.3 Å². The highest BCUT2D eigenvalue weighted by molar-refractivity contribution is 6.10. The molecule has 0 saturated carbocycles. The van der Waals surface area contributed by atoms with Gasteiger partial charge in [0, 0.05) is 17.2 Å². The molecule has 0 atom stereocenters. The number of hydrogen-bond acceptors (Lipinski definition) is 3. The van der Waals surface area contributed by atoms with E-state index in [0.29, 0.717) is 23.5 Å². The number of phenols is 1. The average Bonchev–Trinajstić information content (AvgIpc) is 2.77. The fourth-order valence-corrected chi connectivity index (χ4v) is 3.97. The third-order valence-electron chi connectivity index (χ3n) is 5.94. The lowest BCUT2D eigenvalue weighted by atomic mass is 9.84. The van der Waals surface area contributed by atoms with E-state index in [1.165, 1.54) is 51.4 Å². The van der Waals surface area contributed by atoms with Crippen molar-refractivity contribution in [2.75, 3.05) is 6.61 Å². The summed E-state index contributed by atoms with van der Waals surface area (Å²) < 4.78 is 6.09. The Morgan fingerprint density at radius 3 is 1.97 bits per heavy atom. The van der Waals surface area contributed by atoms with E-state index in [1.807, 2.05) is 18.2 Å². The van der Waals surface area contributed by atoms with Crippen molar-refractivity contribution in [3.8, 4) is 11.5 Å². The van der Waals surface area contributed by atoms with Gasteiger partial charge < -0.3 is 9.84 Å². The van der Waals surface area contributed by atoms with Crippen LogP contribution in [-0.4, -0.2) is 17.5 Å². The first-order valence-corrected chi connectivity index (χ1v) is 12.4. The molecule has 0 unspecified atom stereocenters. The first-order valence-electron chi connectivity index (χ1n) is 12.4. The van der Waals surface area contributed by atoms with Gasteiger partial charge in [-0.3, -0.25) is 4.79 Å². The summed E-state index contributed by atoms with van der Waals surface area (Å²) >= 11 is 0. The standard InChI is InChI=1S/C29H42O3/c1-5-6-7-8-9-10-11-12-13-17-20-32-27-22-26(30)24(21-25(27)29(2,3)4)28(31)23-18-15-14-16-19-23/h14-16,18-19,21-22,30H,5-13,17,20H2,1-4H3. The van der Waals surface area contributed by atoms with Crippen molar-refractivity contribution >= 4 is 5.78 Å². The van der Waals surface area contributed by atoms with E-state index in [0.717, 1.165) is 18.4 Å². The fraction of sp³-hybridized carbons (Fsp3) is 0.552. The second-order valence-corrected chi connectivity index (χ2v) is 9.84. The second-order valence-electron chi connectivity index (χ2n) is 9.84. The van der Waals surface area contributed by atoms with Crippen LogP contribution in [0.3, 0.4) is 0 Å². The van der Waals surface area contributed by atoms with E-state index in [1.54, 1.807) is 24.3 Å². The monoisotopic (exact) mass is 438 g/mol. The van der Waals surface area contributed by atoms with Gasteiger partial charge in [0.15, 0.2) is 5.78 Å². The molecule has 0 aliphatic carbocycles. The van der Waals surface area contributed by atoms with Crippen molar-refractivity contribution < 1.29 is 14.6 Å². The lowest BCUT2D eigenvalue weighted by Crippen LogP contribution is -2.15. The molecule has 32 heavy (non-hydrogen) atoms. The molecule has 0 aromatic heterocycles. The van der Waals surface area contributed by atoms with Crippen LogP contribution in [0.15, 0.2) is 42.5 Å². The van der Waals surface area contributed by atoms with Crippen LogP contribution in [0.5, 0.6) is 11.5 Å². The van der Waals surface area contributed by atoms with Crippen LogP contribution in [0.2, 0.25) is 0 Å². The topological polar surface area (TPSA) is 46.5 Å². The van der Waals surface area contributed by atoms with E-state index < -0.39 is 0 Å². The highest BCUT2D eigenvalue weighted by atomic mass is 16.5. The van der Waals surface area contributed by atoms with E-state index in [4.69, 9.17) is 4.74 Å². The highest BCUT2D eigenvalue weighted by Gasteiger charge is 2.24. The Balaban J connectivity index is 1.90. The number of carbonyl (C=O) groups excluding carboxylic acids is 1. The van der Waals surface area contributed by atoms with Gasteiger partial charge in [0.2, 0.25) is 0 Å². The zero-order valence-electron chi connectivity index (χ0n) is 20.6. The Hall–Kier alpha value is -2.29. The summed E-state index contributed by atoms with van der Waals surface area (Å²) in [5, 5.41) is 10.6. The molecular formula is C29H42O3. The molecule has 0 amide bonds. The minimum absolute atomic E-state index is 0.0232. The fourth-order valence-electron chi connectivity index (χ4n) is 3.97. The average molecular weight is 439 g/mol. The molecule has 0 bridgehead atoms. The van der Waals surface area contributed by atoms with Gasteiger partial charge in [0.25, 0.3) is 0 Å². The summed E-state index contributed by atoms with van der Waals surface area (Å²) in [4.78, 5) is 12.9. The van der Waals surface area contributed by atoms with Gasteiger partial charge in [-0.05, 0) is 17.9 Å². The molecule has 1 N–H and O–H groups in total. The van der Waals surface area contributed by atoms with Crippen LogP contribution in [0.1, 0.15) is 113 Å². The molecular weight excluding hydrogens is 396 g/mol. The summed E-state index contributed by atoms with van der Waals surface area (Å²) in [6, 6.07) is 12.5. The molecule has 0 aliphatic rings. The van der Waals surface area contributed by atoms with Crippen molar-refractivity contribution in [1.29, 1.82) is 0 Å². The van der Waals surface area contributed by atoms with Gasteiger partial charge in [-0.15, -0.1) is 0 Å². The van der Waals surface area contributed by atoms with Crippen LogP contribution in [0, 0.1) is 0 Å². The predicted octanol–water partition coefficient (Wildman–Crippen LogP) is 8.22. The molecule has 3 nitrogen and oxygen atoms in total. The summed E-state index contributed by atoms with van der Waals surface area (Å²) in [6.07, 6.45) is 12.8. The van der Waals surface area contributed by atoms with Crippen LogP contribution in [-0.2, 0) is 5.41 Å². The number of rotatable bonds is 14. The van der Waals surface area contributed by atoms with Crippen LogP contribution < -0.4 is 4.74 Å². The Bertz CT molecular complexity index is 818. The Morgan fingerprint density at radius 1 is 0.844 bits per heavy atom. The van der Waals surface area contributed by atoms with E-state index in [9.17, 15) is 9.90 Å². The van der Waals surface area contributed by atoms with E-state index in [2.05, 4.69) is 27.7 Å². The second kappa shape index (κ2) is 13.3. The smallest absolute Gasteiger partial charge is 0.196 e. The number of ketones is 1. The number of phenolic OH excluding ortho intramolecular Hbond substituents is 1. The summed E-state index contributed by atoms with van der Waals surface area (Å²) in [7, 11) is 0. The molecule has 0 heterocycles. The number of benzene rings is 2. The van der Waals surface area contributed by atoms with Crippen molar-refractivity contribution in [3.63, 3.8) is 0 Å². The third kappa shape index (κ3) is 8.33. The number of hydrogen-bond donors (Lipinski definition) is 1. The van der Waals surface area contributed by atoms with Gasteiger partial charge in [0.05, 0.1) is 12.2 Å². The molecule has 3 heteroatoms. The van der Waals surface area contributed by atoms with Gasteiger partial charge >= 0.3 is 0 Å². The van der Waals surface area contributed by atoms with Gasteiger partial charge in [-0.25, -0.2) is 0 Å². The van der Waals surface area contributed by atoms with Gasteiger partial charge in [-0.2, -0.15) is 0 Å². The molecule has 0 fully saturated rings. The minimum atomic E-state index is -0.202. The number of ether oxygens (including phenoxy) is 1. The predicted molar refractivity (Wildman–Crippen MR) is 134 cm³/mol. The third-order valence-corrected chi connectivity index (χ3v) is 5.94. The molecule has 0 saturated heterocycles. The summed E-state index contributed by atoms with van der Waals surface area (Å²) in [5.41, 5.74) is 1.64. The lowest BCUT2D eigenvalue weighted by molar-refractivity contribution is 0.103. The van der Waals surface area contributed by atoms with Crippen LogP contribution in [0.25, 0.3) is 0 Å². The normalized spacial score (nSPS) is 11.5. The number of aromatic hydroxyl groups is 1. The molecule has 0 spiro atoms. The van der Waals surface area contributed by atoms with E-state index in [-0.39, 0.29) is 16.9 Å². The summed E-state index contributed by atoms with van der Waals surface area (Å²) in [5.74, 6) is 0.482. The van der Waals surface area contributed by atoms with Crippen LogP contribution >= 0.6 is 0 Å². The number of unbranched alkanes of at least 4 members (excludes halogenated alkanes) is 9. The molecule has 2 rings (SSSR count). The molecule has 176 valence electrons. The van der Waals surface area contributed by atoms with E-state index >= 15 is 0 Å². The zero-order valence-corrected chi connectivity index (χ0v) is 20.6. The van der Waals surface area contributed by atoms with Crippen LogP contribution in [0.4, 0.5) is 0 Å². The van der Waals surface area contributed by atoms with Crippen molar-refractivity contribution in [1.82, 2.24) is 0 Å². The lowest BCUT2D eigenvalue weighted by Gasteiger charge is -2.24. The maximum Gasteiger partial charge on any atom is 0.196 e. The quantitative estimate of drug-likeness (QED) is 0.239. The largest absolute Gasteiger partial charge is 0.507 e. The molecule has 0 radical (unpaired) electrons. The summed E-state index contributed by atoms with van der Waals surface area (Å²) in [6.45, 7) is 9.19. The number of carbonyl (C=O) groups is 1. The Morgan fingerprint density at radius 2 is 1.41 bits per heavy atom. The Labute approximate surface area is 195 Å². The maximum atomic E-state index is 12.9.